The van der Waals surface area contributed by atoms with Crippen LogP contribution in [0.4, 0.5) is 13.9 Å². The van der Waals surface area contributed by atoms with Gasteiger partial charge in [0.25, 0.3) is 0 Å². The van der Waals surface area contributed by atoms with Crippen LogP contribution in [0.25, 0.3) is 11.3 Å². The second-order valence-electron chi connectivity index (χ2n) is 7.41. The molecule has 1 saturated heterocycles. The lowest BCUT2D eigenvalue weighted by molar-refractivity contribution is 0.512. The fourth-order valence-corrected chi connectivity index (χ4v) is 7.93. The summed E-state index contributed by atoms with van der Waals surface area (Å²) in [5, 5.41) is 2.02. The van der Waals surface area contributed by atoms with Gasteiger partial charge in [-0.1, -0.05) is 23.8 Å². The Morgan fingerprint density at radius 1 is 1.16 bits per heavy atom. The highest BCUT2D eigenvalue weighted by Gasteiger charge is 2.37. The average Bonchev–Trinajstić information content (AvgIpc) is 3.23. The van der Waals surface area contributed by atoms with Gasteiger partial charge in [0.2, 0.25) is 0 Å². The fraction of sp³-hybridized carbons (Fsp3) is 0.286. The van der Waals surface area contributed by atoms with Crippen LogP contribution in [0.15, 0.2) is 49.6 Å². The van der Waals surface area contributed by atoms with Crippen molar-refractivity contribution >= 4 is 58.2 Å². The number of benzene rings is 2. The van der Waals surface area contributed by atoms with Gasteiger partial charge in [-0.15, -0.1) is 11.3 Å². The van der Waals surface area contributed by atoms with Crippen molar-refractivity contribution in [2.75, 3.05) is 18.0 Å². The topological polar surface area (TPSA) is 50.3 Å². The lowest BCUT2D eigenvalue weighted by atomic mass is 10.1. The predicted octanol–water partition coefficient (Wildman–Crippen LogP) is 6.36. The molecule has 4 nitrogen and oxygen atoms in total. The highest BCUT2D eigenvalue weighted by Crippen LogP contribution is 2.37. The lowest BCUT2D eigenvalue weighted by Gasteiger charge is -2.31. The van der Waals surface area contributed by atoms with E-state index in [9.17, 15) is 17.2 Å². The maximum atomic E-state index is 14.6. The largest absolute Gasteiger partial charge is 0.348 e. The molecule has 1 aliphatic rings. The second-order valence-corrected chi connectivity index (χ2v) is 12.1. The van der Waals surface area contributed by atoms with Gasteiger partial charge in [0.1, 0.15) is 10.7 Å². The molecule has 164 valence electrons. The van der Waals surface area contributed by atoms with E-state index in [-0.39, 0.29) is 8.95 Å². The Morgan fingerprint density at radius 3 is 2.55 bits per heavy atom. The van der Waals surface area contributed by atoms with Gasteiger partial charge in [-0.3, -0.25) is 0 Å². The van der Waals surface area contributed by atoms with E-state index in [1.165, 1.54) is 11.3 Å². The van der Waals surface area contributed by atoms with E-state index >= 15 is 0 Å². The number of aromatic nitrogens is 1. The molecule has 0 aliphatic carbocycles. The normalized spacial score (nSPS) is 15.5. The summed E-state index contributed by atoms with van der Waals surface area (Å²) in [5.41, 5.74) is 3.08. The quantitative estimate of drug-likeness (QED) is 0.331. The molecule has 1 aliphatic heterocycles. The van der Waals surface area contributed by atoms with Crippen molar-refractivity contribution in [3.63, 3.8) is 0 Å². The number of aryl methyl sites for hydroxylation is 1. The van der Waals surface area contributed by atoms with Gasteiger partial charge in [-0.25, -0.2) is 22.2 Å². The molecule has 2 heterocycles. The molecule has 0 spiro atoms. The Balaban J connectivity index is 1.52. The Labute approximate surface area is 200 Å². The Morgan fingerprint density at radius 2 is 1.87 bits per heavy atom. The molecule has 0 atom stereocenters. The number of anilines is 1. The van der Waals surface area contributed by atoms with Crippen LogP contribution in [0.2, 0.25) is 0 Å². The molecule has 0 saturated carbocycles. The third-order valence-corrected chi connectivity index (χ3v) is 10.1. The van der Waals surface area contributed by atoms with Crippen molar-refractivity contribution in [3.8, 4) is 11.3 Å². The maximum Gasteiger partial charge on any atom is 0.185 e. The predicted molar refractivity (Wildman–Crippen MR) is 126 cm³/mol. The SMILES string of the molecule is Cc1cccc(-c2csc(N3CCC(S(=O)(=O)c4c(F)c(Br)cc(F)c4Br)CC3)n2)c1. The van der Waals surface area contributed by atoms with E-state index < -0.39 is 31.6 Å². The van der Waals surface area contributed by atoms with Gasteiger partial charge in [0.05, 0.1) is 19.9 Å². The molecule has 3 aromatic rings. The lowest BCUT2D eigenvalue weighted by Crippen LogP contribution is -2.39. The van der Waals surface area contributed by atoms with Crippen molar-refractivity contribution < 1.29 is 17.2 Å². The minimum absolute atomic E-state index is 0.212. The minimum atomic E-state index is -4.05. The smallest absolute Gasteiger partial charge is 0.185 e. The van der Waals surface area contributed by atoms with Crippen LogP contribution < -0.4 is 4.90 Å². The highest BCUT2D eigenvalue weighted by molar-refractivity contribution is 9.11. The van der Waals surface area contributed by atoms with Crippen LogP contribution in [-0.2, 0) is 9.84 Å². The van der Waals surface area contributed by atoms with Crippen LogP contribution in [0, 0.1) is 18.6 Å². The average molecular weight is 592 g/mol. The molecule has 31 heavy (non-hydrogen) atoms. The fourth-order valence-electron chi connectivity index (χ4n) is 3.67. The zero-order valence-electron chi connectivity index (χ0n) is 16.4. The van der Waals surface area contributed by atoms with Crippen LogP contribution >= 0.6 is 43.2 Å². The van der Waals surface area contributed by atoms with E-state index in [1.54, 1.807) is 0 Å². The zero-order valence-corrected chi connectivity index (χ0v) is 21.2. The first-order chi connectivity index (χ1) is 14.7. The molecule has 0 N–H and O–H groups in total. The Bertz CT molecular complexity index is 1210. The number of sulfone groups is 1. The molecule has 0 radical (unpaired) electrons. The third kappa shape index (κ3) is 4.44. The third-order valence-electron chi connectivity index (χ3n) is 5.31. The minimum Gasteiger partial charge on any atom is -0.348 e. The first-order valence-corrected chi connectivity index (χ1v) is 13.5. The van der Waals surface area contributed by atoms with Gasteiger partial charge >= 0.3 is 0 Å². The summed E-state index contributed by atoms with van der Waals surface area (Å²) in [6.45, 7) is 2.97. The van der Waals surface area contributed by atoms with Crippen LogP contribution in [0.3, 0.4) is 0 Å². The summed E-state index contributed by atoms with van der Waals surface area (Å²) in [4.78, 5) is 6.14. The number of hydrogen-bond acceptors (Lipinski definition) is 5. The monoisotopic (exact) mass is 590 g/mol. The molecule has 10 heteroatoms. The summed E-state index contributed by atoms with van der Waals surface area (Å²) in [7, 11) is -4.05. The van der Waals surface area contributed by atoms with Crippen molar-refractivity contribution in [1.82, 2.24) is 4.98 Å². The molecule has 0 bridgehead atoms. The first kappa shape index (κ1) is 22.8. The highest BCUT2D eigenvalue weighted by atomic mass is 79.9. The van der Waals surface area contributed by atoms with E-state index in [0.29, 0.717) is 25.9 Å². The summed E-state index contributed by atoms with van der Waals surface area (Å²) in [6, 6.07) is 9.01. The number of halogens is 4. The molecule has 0 amide bonds. The Hall–Kier alpha value is -1.36. The van der Waals surface area contributed by atoms with E-state index in [2.05, 4.69) is 37.9 Å². The van der Waals surface area contributed by atoms with Crippen LogP contribution in [0.5, 0.6) is 0 Å². The number of thiazole rings is 1. The molecule has 1 aromatic heterocycles. The zero-order chi connectivity index (χ0) is 22.3. The standard InChI is InChI=1S/C21H18Br2F2N2O2S2/c1-12-3-2-4-13(9-12)17-11-30-21(26-17)27-7-5-14(6-8-27)31(28,29)20-18(23)16(24)10-15(22)19(20)25/h2-4,9-11,14H,5-8H2,1H3. The maximum absolute atomic E-state index is 14.6. The molecular weight excluding hydrogens is 574 g/mol. The van der Waals surface area contributed by atoms with E-state index in [4.69, 9.17) is 4.98 Å². The van der Waals surface area contributed by atoms with Gasteiger partial charge in [0, 0.05) is 24.0 Å². The van der Waals surface area contributed by atoms with Crippen LogP contribution in [-0.4, -0.2) is 31.7 Å². The van der Waals surface area contributed by atoms with Gasteiger partial charge in [-0.05, 0) is 63.8 Å². The second kappa shape index (κ2) is 8.88. The van der Waals surface area contributed by atoms with E-state index in [0.717, 1.165) is 28.0 Å². The van der Waals surface area contributed by atoms with Crippen molar-refractivity contribution in [2.45, 2.75) is 29.9 Å². The molecular formula is C21H18Br2F2N2O2S2. The summed E-state index contributed by atoms with van der Waals surface area (Å²) in [6.07, 6.45) is 0.614. The summed E-state index contributed by atoms with van der Waals surface area (Å²) in [5.74, 6) is -1.80. The van der Waals surface area contributed by atoms with Crippen molar-refractivity contribution in [2.24, 2.45) is 0 Å². The summed E-state index contributed by atoms with van der Waals surface area (Å²) < 4.78 is 54.3. The number of nitrogens with zero attached hydrogens (tertiary/aromatic N) is 2. The summed E-state index contributed by atoms with van der Waals surface area (Å²) >= 11 is 7.32. The number of piperidine rings is 1. The Kier molecular flexibility index (Phi) is 6.54. The van der Waals surface area contributed by atoms with Gasteiger partial charge in [0.15, 0.2) is 20.8 Å². The molecule has 2 aromatic carbocycles. The number of hydrogen-bond donors (Lipinski definition) is 0. The van der Waals surface area contributed by atoms with E-state index in [1.807, 2.05) is 35.4 Å². The first-order valence-electron chi connectivity index (χ1n) is 9.53. The van der Waals surface area contributed by atoms with Gasteiger partial charge < -0.3 is 4.90 Å². The molecule has 1 fully saturated rings. The van der Waals surface area contributed by atoms with Crippen molar-refractivity contribution in [1.29, 1.82) is 0 Å². The van der Waals surface area contributed by atoms with Gasteiger partial charge in [-0.2, -0.15) is 0 Å². The van der Waals surface area contributed by atoms with Crippen molar-refractivity contribution in [3.05, 3.63) is 61.9 Å². The number of rotatable bonds is 4. The van der Waals surface area contributed by atoms with Crippen LogP contribution in [0.1, 0.15) is 18.4 Å². The molecule has 0 unspecified atom stereocenters. The molecule has 4 rings (SSSR count).